The molecule has 26 heavy (non-hydrogen) atoms. The van der Waals surface area contributed by atoms with Crippen LogP contribution >= 0.6 is 11.6 Å². The molecule has 6 nitrogen and oxygen atoms in total. The maximum atomic E-state index is 12.0. The molecule has 0 unspecified atom stereocenters. The van der Waals surface area contributed by atoms with E-state index >= 15 is 0 Å². The number of nitrogens with one attached hydrogen (secondary N) is 1. The van der Waals surface area contributed by atoms with Gasteiger partial charge in [-0.15, -0.1) is 0 Å². The molecule has 2 aromatic rings. The van der Waals surface area contributed by atoms with Gasteiger partial charge < -0.3 is 10.2 Å². The van der Waals surface area contributed by atoms with E-state index in [-0.39, 0.29) is 5.91 Å². The number of carbonyl (C=O) groups excluding carboxylic acids is 1. The van der Waals surface area contributed by atoms with Gasteiger partial charge in [-0.2, -0.15) is 0 Å². The van der Waals surface area contributed by atoms with Gasteiger partial charge in [-0.3, -0.25) is 9.69 Å². The zero-order chi connectivity index (χ0) is 18.2. The van der Waals surface area contributed by atoms with E-state index in [4.69, 9.17) is 11.6 Å². The van der Waals surface area contributed by atoms with Crippen LogP contribution in [-0.2, 0) is 11.2 Å². The summed E-state index contributed by atoms with van der Waals surface area (Å²) in [5.41, 5.74) is 1.14. The Hall–Kier alpha value is -2.18. The van der Waals surface area contributed by atoms with Gasteiger partial charge in [-0.25, -0.2) is 9.97 Å². The fraction of sp³-hybridized carbons (Fsp3) is 0.421. The minimum absolute atomic E-state index is 0.0980. The molecule has 2 heterocycles. The molecular formula is C19H24ClN5O. The largest absolute Gasteiger partial charge is 0.356 e. The first-order valence-corrected chi connectivity index (χ1v) is 9.34. The summed E-state index contributed by atoms with van der Waals surface area (Å²) < 4.78 is 0. The highest BCUT2D eigenvalue weighted by Gasteiger charge is 2.18. The predicted molar refractivity (Wildman–Crippen MR) is 103 cm³/mol. The van der Waals surface area contributed by atoms with Crippen molar-refractivity contribution in [2.75, 3.05) is 44.2 Å². The summed E-state index contributed by atoms with van der Waals surface area (Å²) in [5.74, 6) is 0.881. The van der Waals surface area contributed by atoms with E-state index in [1.165, 1.54) is 0 Å². The molecule has 0 aliphatic carbocycles. The second-order valence-electron chi connectivity index (χ2n) is 6.36. The minimum atomic E-state index is 0.0980. The summed E-state index contributed by atoms with van der Waals surface area (Å²) in [6.07, 6.45) is 4.85. The molecule has 1 saturated heterocycles. The Morgan fingerprint density at radius 1 is 1.12 bits per heavy atom. The van der Waals surface area contributed by atoms with E-state index in [1.54, 1.807) is 12.4 Å². The number of benzene rings is 1. The summed E-state index contributed by atoms with van der Waals surface area (Å²) in [5, 5.41) is 3.72. The van der Waals surface area contributed by atoms with Gasteiger partial charge in [0.05, 0.1) is 0 Å². The third kappa shape index (κ3) is 5.68. The zero-order valence-electron chi connectivity index (χ0n) is 14.8. The first kappa shape index (κ1) is 18.6. The standard InChI is InChI=1S/C19H24ClN5O/c20-17-4-1-3-16(15-17)5-9-21-18(26)6-10-24-11-13-25(14-12-24)19-22-7-2-8-23-19/h1-4,7-8,15H,5-6,9-14H2,(H,21,26). The lowest BCUT2D eigenvalue weighted by molar-refractivity contribution is -0.121. The van der Waals surface area contributed by atoms with Crippen molar-refractivity contribution in [1.29, 1.82) is 0 Å². The van der Waals surface area contributed by atoms with Gasteiger partial charge in [0.2, 0.25) is 11.9 Å². The Kier molecular flexibility index (Phi) is 6.80. The first-order valence-electron chi connectivity index (χ1n) is 8.96. The quantitative estimate of drug-likeness (QED) is 0.804. The van der Waals surface area contributed by atoms with Crippen molar-refractivity contribution in [3.8, 4) is 0 Å². The van der Waals surface area contributed by atoms with E-state index in [2.05, 4.69) is 25.1 Å². The van der Waals surface area contributed by atoms with Crippen LogP contribution in [0, 0.1) is 0 Å². The van der Waals surface area contributed by atoms with Crippen LogP contribution in [0.5, 0.6) is 0 Å². The van der Waals surface area contributed by atoms with Crippen LogP contribution in [0.4, 0.5) is 5.95 Å². The number of carbonyl (C=O) groups is 1. The number of rotatable bonds is 7. The molecule has 0 bridgehead atoms. The van der Waals surface area contributed by atoms with Crippen molar-refractivity contribution in [1.82, 2.24) is 20.2 Å². The fourth-order valence-electron chi connectivity index (χ4n) is 3.01. The summed E-state index contributed by atoms with van der Waals surface area (Å²) in [4.78, 5) is 25.1. The van der Waals surface area contributed by atoms with Crippen molar-refractivity contribution in [2.45, 2.75) is 12.8 Å². The Balaban J connectivity index is 1.31. The van der Waals surface area contributed by atoms with Gasteiger partial charge in [-0.05, 0) is 30.2 Å². The normalized spacial score (nSPS) is 15.0. The highest BCUT2D eigenvalue weighted by atomic mass is 35.5. The van der Waals surface area contributed by atoms with Crippen molar-refractivity contribution >= 4 is 23.5 Å². The van der Waals surface area contributed by atoms with Crippen LogP contribution in [0.1, 0.15) is 12.0 Å². The number of aromatic nitrogens is 2. The molecule has 1 amide bonds. The number of hydrogen-bond donors (Lipinski definition) is 1. The average Bonchev–Trinajstić information content (AvgIpc) is 2.68. The zero-order valence-corrected chi connectivity index (χ0v) is 15.5. The third-order valence-corrected chi connectivity index (χ3v) is 4.72. The van der Waals surface area contributed by atoms with E-state index in [9.17, 15) is 4.79 Å². The average molecular weight is 374 g/mol. The lowest BCUT2D eigenvalue weighted by atomic mass is 10.1. The molecule has 1 fully saturated rings. The van der Waals surface area contributed by atoms with Crippen LogP contribution in [0.15, 0.2) is 42.7 Å². The lowest BCUT2D eigenvalue weighted by Crippen LogP contribution is -2.47. The molecule has 1 aromatic heterocycles. The van der Waals surface area contributed by atoms with Gasteiger partial charge in [0.1, 0.15) is 0 Å². The molecule has 1 N–H and O–H groups in total. The number of amides is 1. The van der Waals surface area contributed by atoms with Gasteiger partial charge in [0.25, 0.3) is 0 Å². The van der Waals surface area contributed by atoms with Crippen LogP contribution in [0.3, 0.4) is 0 Å². The van der Waals surface area contributed by atoms with Crippen molar-refractivity contribution in [3.05, 3.63) is 53.3 Å². The summed E-state index contributed by atoms with van der Waals surface area (Å²) >= 11 is 5.97. The smallest absolute Gasteiger partial charge is 0.225 e. The van der Waals surface area contributed by atoms with Crippen LogP contribution in [-0.4, -0.2) is 60.0 Å². The Labute approximate surface area is 159 Å². The molecule has 0 saturated carbocycles. The Morgan fingerprint density at radius 2 is 1.88 bits per heavy atom. The van der Waals surface area contributed by atoms with Crippen LogP contribution in [0.2, 0.25) is 5.02 Å². The monoisotopic (exact) mass is 373 g/mol. The highest BCUT2D eigenvalue weighted by molar-refractivity contribution is 6.30. The highest BCUT2D eigenvalue weighted by Crippen LogP contribution is 2.11. The minimum Gasteiger partial charge on any atom is -0.356 e. The Bertz CT molecular complexity index is 704. The van der Waals surface area contributed by atoms with Crippen molar-refractivity contribution in [2.24, 2.45) is 0 Å². The van der Waals surface area contributed by atoms with Gasteiger partial charge in [0, 0.05) is 63.1 Å². The van der Waals surface area contributed by atoms with E-state index in [1.807, 2.05) is 30.3 Å². The molecule has 0 radical (unpaired) electrons. The molecule has 1 aliphatic heterocycles. The molecular weight excluding hydrogens is 350 g/mol. The number of halogens is 1. The predicted octanol–water partition coefficient (Wildman–Crippen LogP) is 2.00. The maximum absolute atomic E-state index is 12.0. The van der Waals surface area contributed by atoms with E-state index < -0.39 is 0 Å². The number of anilines is 1. The Morgan fingerprint density at radius 3 is 2.62 bits per heavy atom. The molecule has 1 aliphatic rings. The number of nitrogens with zero attached hydrogens (tertiary/aromatic N) is 4. The molecule has 0 atom stereocenters. The van der Waals surface area contributed by atoms with Gasteiger partial charge >= 0.3 is 0 Å². The molecule has 0 spiro atoms. The summed E-state index contributed by atoms with van der Waals surface area (Å²) in [6, 6.07) is 9.56. The van der Waals surface area contributed by atoms with Crippen LogP contribution in [0.25, 0.3) is 0 Å². The van der Waals surface area contributed by atoms with Gasteiger partial charge in [0.15, 0.2) is 0 Å². The summed E-state index contributed by atoms with van der Waals surface area (Å²) in [7, 11) is 0. The fourth-order valence-corrected chi connectivity index (χ4v) is 3.23. The van der Waals surface area contributed by atoms with Crippen molar-refractivity contribution in [3.63, 3.8) is 0 Å². The van der Waals surface area contributed by atoms with Crippen molar-refractivity contribution < 1.29 is 4.79 Å². The van der Waals surface area contributed by atoms with E-state index in [0.29, 0.717) is 13.0 Å². The van der Waals surface area contributed by atoms with Gasteiger partial charge in [-0.1, -0.05) is 23.7 Å². The third-order valence-electron chi connectivity index (χ3n) is 4.49. The maximum Gasteiger partial charge on any atom is 0.225 e. The molecule has 138 valence electrons. The summed E-state index contributed by atoms with van der Waals surface area (Å²) in [6.45, 7) is 5.05. The molecule has 3 rings (SSSR count). The lowest BCUT2D eigenvalue weighted by Gasteiger charge is -2.34. The van der Waals surface area contributed by atoms with E-state index in [0.717, 1.165) is 55.7 Å². The number of hydrogen-bond acceptors (Lipinski definition) is 5. The first-order chi connectivity index (χ1) is 12.7. The second kappa shape index (κ2) is 9.50. The SMILES string of the molecule is O=C(CCN1CCN(c2ncccn2)CC1)NCCc1cccc(Cl)c1. The number of piperazine rings is 1. The molecule has 7 heteroatoms. The topological polar surface area (TPSA) is 61.4 Å². The molecule has 1 aromatic carbocycles. The second-order valence-corrected chi connectivity index (χ2v) is 6.79. The van der Waals surface area contributed by atoms with Crippen LogP contribution < -0.4 is 10.2 Å².